The number of benzene rings is 1. The van der Waals surface area contributed by atoms with Crippen molar-refractivity contribution in [3.63, 3.8) is 0 Å². The van der Waals surface area contributed by atoms with Crippen molar-refractivity contribution in [2.24, 2.45) is 0 Å². The van der Waals surface area contributed by atoms with E-state index in [1.165, 1.54) is 0 Å². The second kappa shape index (κ2) is 14.2. The monoisotopic (exact) mass is 518 g/mol. The maximum absolute atomic E-state index is 10.3. The summed E-state index contributed by atoms with van der Waals surface area (Å²) in [6, 6.07) is 8.20. The molecule has 2 aromatic rings. The summed E-state index contributed by atoms with van der Waals surface area (Å²) in [7, 11) is 5.64. The van der Waals surface area contributed by atoms with Crippen LogP contribution in [-0.2, 0) is 20.8 Å². The number of hydrogen-bond acceptors (Lipinski definition) is 8. The van der Waals surface area contributed by atoms with Crippen LogP contribution in [0.25, 0.3) is 11.1 Å². The third-order valence-corrected chi connectivity index (χ3v) is 6.28. The molecule has 3 rings (SSSR count). The predicted octanol–water partition coefficient (Wildman–Crippen LogP) is 4.12. The lowest BCUT2D eigenvalue weighted by Crippen LogP contribution is -2.42. The molecule has 37 heavy (non-hydrogen) atoms. The first-order valence-electron chi connectivity index (χ1n) is 13.3. The molecule has 2 unspecified atom stereocenters. The van der Waals surface area contributed by atoms with E-state index in [-0.39, 0.29) is 6.23 Å². The number of aliphatic hydroxyl groups is 1. The summed E-state index contributed by atoms with van der Waals surface area (Å²) in [6.45, 7) is 9.98. The molecule has 9 nitrogen and oxygen atoms in total. The lowest BCUT2D eigenvalue weighted by molar-refractivity contribution is -0.232. The second-order valence-corrected chi connectivity index (χ2v) is 10.8. The van der Waals surface area contributed by atoms with Gasteiger partial charge in [0, 0.05) is 58.1 Å². The van der Waals surface area contributed by atoms with Crippen LogP contribution in [0.15, 0.2) is 30.5 Å². The van der Waals surface area contributed by atoms with E-state index < -0.39 is 12.0 Å². The summed E-state index contributed by atoms with van der Waals surface area (Å²) in [4.78, 5) is 4.02. The molecule has 1 aromatic heterocycles. The van der Waals surface area contributed by atoms with Crippen molar-refractivity contribution in [3.05, 3.63) is 36.2 Å². The van der Waals surface area contributed by atoms with Gasteiger partial charge in [-0.05, 0) is 71.8 Å². The quantitative estimate of drug-likeness (QED) is 0.296. The normalized spacial score (nSPS) is 17.5. The molecule has 1 aliphatic rings. The smallest absolute Gasteiger partial charge is 0.216 e. The minimum Gasteiger partial charge on any atom is -0.494 e. The average Bonchev–Trinajstić information content (AvgIpc) is 3.28. The van der Waals surface area contributed by atoms with E-state index in [4.69, 9.17) is 24.0 Å². The molecule has 1 saturated heterocycles. The van der Waals surface area contributed by atoms with Crippen molar-refractivity contribution >= 4 is 0 Å². The molecule has 1 aliphatic heterocycles. The van der Waals surface area contributed by atoms with Crippen LogP contribution in [0.1, 0.15) is 58.4 Å². The zero-order valence-corrected chi connectivity index (χ0v) is 23.5. The van der Waals surface area contributed by atoms with E-state index in [0.717, 1.165) is 61.4 Å². The van der Waals surface area contributed by atoms with E-state index in [2.05, 4.69) is 30.3 Å². The standard InChI is InChI=1S/C28H46N4O5/c1-28(2,3)37-27(33)31(5)16-15-30(4)21-25-24(20-32(29-25)26-10-7-8-18-36-26)22-11-13-23(14-12-22)35-19-9-17-34-6/h11-14,20,26-27,33H,7-10,15-19,21H2,1-6H3. The highest BCUT2D eigenvalue weighted by Gasteiger charge is 2.22. The van der Waals surface area contributed by atoms with Crippen molar-refractivity contribution in [1.82, 2.24) is 19.6 Å². The zero-order chi connectivity index (χ0) is 26.8. The van der Waals surface area contributed by atoms with Gasteiger partial charge in [-0.3, -0.25) is 9.80 Å². The van der Waals surface area contributed by atoms with Crippen LogP contribution in [0.4, 0.5) is 0 Å². The number of methoxy groups -OCH3 is 1. The SMILES string of the molecule is COCCCOc1ccc(-c2cn(C3CCCCO3)nc2CN(C)CCN(C)C(O)OC(C)(C)C)cc1. The van der Waals surface area contributed by atoms with E-state index in [0.29, 0.717) is 26.3 Å². The lowest BCUT2D eigenvalue weighted by Gasteiger charge is -2.31. The van der Waals surface area contributed by atoms with Gasteiger partial charge in [0.1, 0.15) is 12.0 Å². The van der Waals surface area contributed by atoms with Crippen molar-refractivity contribution < 1.29 is 24.1 Å². The number of likely N-dealkylation sites (N-methyl/N-ethyl adjacent to an activating group) is 2. The number of nitrogens with zero attached hydrogens (tertiary/aromatic N) is 4. The molecule has 2 heterocycles. The molecule has 0 spiro atoms. The molecule has 9 heteroatoms. The molecular formula is C28H46N4O5. The highest BCUT2D eigenvalue weighted by molar-refractivity contribution is 5.66. The molecule has 1 aromatic carbocycles. The third kappa shape index (κ3) is 9.67. The van der Waals surface area contributed by atoms with E-state index in [9.17, 15) is 5.11 Å². The Morgan fingerprint density at radius 3 is 2.54 bits per heavy atom. The lowest BCUT2D eigenvalue weighted by atomic mass is 10.1. The predicted molar refractivity (Wildman–Crippen MR) is 144 cm³/mol. The zero-order valence-electron chi connectivity index (χ0n) is 23.5. The van der Waals surface area contributed by atoms with Crippen LogP contribution >= 0.6 is 0 Å². The van der Waals surface area contributed by atoms with Gasteiger partial charge in [0.05, 0.1) is 17.9 Å². The van der Waals surface area contributed by atoms with Crippen molar-refractivity contribution in [2.45, 2.75) is 71.2 Å². The third-order valence-electron chi connectivity index (χ3n) is 6.28. The van der Waals surface area contributed by atoms with Gasteiger partial charge in [-0.15, -0.1) is 0 Å². The van der Waals surface area contributed by atoms with Gasteiger partial charge in [-0.25, -0.2) is 4.68 Å². The minimum absolute atomic E-state index is 0.0224. The number of hydrogen-bond donors (Lipinski definition) is 1. The molecule has 0 radical (unpaired) electrons. The molecule has 2 atom stereocenters. The molecule has 208 valence electrons. The van der Waals surface area contributed by atoms with Gasteiger partial charge in [0.15, 0.2) is 0 Å². The van der Waals surface area contributed by atoms with Gasteiger partial charge in [0.25, 0.3) is 0 Å². The van der Waals surface area contributed by atoms with E-state index in [1.54, 1.807) is 7.11 Å². The molecule has 1 fully saturated rings. The molecule has 0 amide bonds. The second-order valence-electron chi connectivity index (χ2n) is 10.8. The Morgan fingerprint density at radius 2 is 1.89 bits per heavy atom. The maximum Gasteiger partial charge on any atom is 0.216 e. The maximum atomic E-state index is 10.3. The van der Waals surface area contributed by atoms with Crippen molar-refractivity contribution in [1.29, 1.82) is 0 Å². The van der Waals surface area contributed by atoms with Gasteiger partial charge in [-0.1, -0.05) is 12.1 Å². The van der Waals surface area contributed by atoms with Gasteiger partial charge in [-0.2, -0.15) is 5.10 Å². The first-order chi connectivity index (χ1) is 17.7. The summed E-state index contributed by atoms with van der Waals surface area (Å²) in [5, 5.41) is 15.3. The Bertz CT molecular complexity index is 922. The Labute approximate surface area is 222 Å². The Hall–Kier alpha value is -2.01. The number of aromatic nitrogens is 2. The van der Waals surface area contributed by atoms with E-state index >= 15 is 0 Å². The van der Waals surface area contributed by atoms with Crippen LogP contribution in [0.2, 0.25) is 0 Å². The first-order valence-corrected chi connectivity index (χ1v) is 13.3. The Balaban J connectivity index is 1.68. The number of ether oxygens (including phenoxy) is 4. The van der Waals surface area contributed by atoms with Gasteiger partial charge in [0.2, 0.25) is 6.41 Å². The van der Waals surface area contributed by atoms with Crippen LogP contribution in [-0.4, -0.2) is 90.8 Å². The summed E-state index contributed by atoms with van der Waals surface area (Å²) < 4.78 is 24.6. The average molecular weight is 519 g/mol. The molecule has 1 N–H and O–H groups in total. The Morgan fingerprint density at radius 1 is 1.14 bits per heavy atom. The highest BCUT2D eigenvalue weighted by atomic mass is 16.6. The first kappa shape index (κ1) is 29.5. The summed E-state index contributed by atoms with van der Waals surface area (Å²) in [5.74, 6) is 0.848. The van der Waals surface area contributed by atoms with Crippen molar-refractivity contribution in [3.8, 4) is 16.9 Å². The van der Waals surface area contributed by atoms with Crippen LogP contribution in [0, 0.1) is 0 Å². The summed E-state index contributed by atoms with van der Waals surface area (Å²) >= 11 is 0. The molecular weight excluding hydrogens is 472 g/mol. The molecule has 0 saturated carbocycles. The fraction of sp³-hybridized carbons (Fsp3) is 0.679. The summed E-state index contributed by atoms with van der Waals surface area (Å²) in [6.07, 6.45) is 5.23. The topological polar surface area (TPSA) is 81.5 Å². The fourth-order valence-electron chi connectivity index (χ4n) is 4.17. The largest absolute Gasteiger partial charge is 0.494 e. The molecule has 0 bridgehead atoms. The molecule has 0 aliphatic carbocycles. The van der Waals surface area contributed by atoms with E-state index in [1.807, 2.05) is 49.5 Å². The highest BCUT2D eigenvalue weighted by Crippen LogP contribution is 2.30. The number of rotatable bonds is 14. The number of aliphatic hydroxyl groups excluding tert-OH is 1. The summed E-state index contributed by atoms with van der Waals surface area (Å²) in [5.41, 5.74) is 2.78. The van der Waals surface area contributed by atoms with Crippen LogP contribution in [0.3, 0.4) is 0 Å². The van der Waals surface area contributed by atoms with Crippen LogP contribution < -0.4 is 4.74 Å². The fourth-order valence-corrected chi connectivity index (χ4v) is 4.17. The van der Waals surface area contributed by atoms with Crippen LogP contribution in [0.5, 0.6) is 5.75 Å². The van der Waals surface area contributed by atoms with Gasteiger partial charge >= 0.3 is 0 Å². The minimum atomic E-state index is -0.943. The Kier molecular flexibility index (Phi) is 11.4. The van der Waals surface area contributed by atoms with Gasteiger partial charge < -0.3 is 24.1 Å². The van der Waals surface area contributed by atoms with Crippen molar-refractivity contribution in [2.75, 3.05) is 54.1 Å².